The topological polar surface area (TPSA) is 177 Å². The Morgan fingerprint density at radius 3 is 2.07 bits per heavy atom. The first-order chi connectivity index (χ1) is 13.6. The Morgan fingerprint density at radius 1 is 0.966 bits per heavy atom. The number of nitrogens with one attached hydrogen (secondary N) is 3. The Kier molecular flexibility index (Phi) is 9.10. The van der Waals surface area contributed by atoms with Crippen molar-refractivity contribution in [3.05, 3.63) is 35.9 Å². The molecule has 0 heterocycles. The van der Waals surface area contributed by atoms with Gasteiger partial charge in [0.1, 0.15) is 24.7 Å². The Hall–Kier alpha value is -3.63. The molecule has 1 unspecified atom stereocenters. The number of hydrogen-bond donors (Lipinski definition) is 5. The van der Waals surface area contributed by atoms with Gasteiger partial charge >= 0.3 is 12.1 Å². The summed E-state index contributed by atoms with van der Waals surface area (Å²) in [5.74, 6) is -3.86. The van der Waals surface area contributed by atoms with E-state index < -0.39 is 54.3 Å². The molecule has 6 N–H and O–H groups in total. The molecule has 0 saturated heterocycles. The van der Waals surface area contributed by atoms with Crippen LogP contribution >= 0.6 is 0 Å². The van der Waals surface area contributed by atoms with Crippen molar-refractivity contribution in [2.24, 2.45) is 5.73 Å². The molecule has 0 spiro atoms. The number of primary amides is 1. The second-order valence-electron chi connectivity index (χ2n) is 6.23. The molecule has 11 nitrogen and oxygen atoms in total. The molecule has 0 radical (unpaired) electrons. The summed E-state index contributed by atoms with van der Waals surface area (Å²) in [4.78, 5) is 57.8. The third-order valence-electron chi connectivity index (χ3n) is 3.71. The second-order valence-corrected chi connectivity index (χ2v) is 6.23. The molecule has 0 aliphatic rings. The molecule has 1 aromatic carbocycles. The fourth-order valence-electron chi connectivity index (χ4n) is 2.11. The first-order valence-corrected chi connectivity index (χ1v) is 8.69. The molecule has 0 saturated carbocycles. The Labute approximate surface area is 167 Å². The fraction of sp³-hybridized carbons (Fsp3) is 0.389. The highest BCUT2D eigenvalue weighted by molar-refractivity contribution is 5.93. The van der Waals surface area contributed by atoms with Crippen LogP contribution in [-0.2, 0) is 30.5 Å². The molecule has 0 aliphatic carbocycles. The lowest BCUT2D eigenvalue weighted by Gasteiger charge is -2.20. The van der Waals surface area contributed by atoms with Gasteiger partial charge in [0.05, 0.1) is 6.42 Å². The Bertz CT molecular complexity index is 754. The van der Waals surface area contributed by atoms with Gasteiger partial charge in [-0.2, -0.15) is 0 Å². The predicted molar refractivity (Wildman–Crippen MR) is 100 cm³/mol. The van der Waals surface area contributed by atoms with Gasteiger partial charge in [-0.3, -0.25) is 14.4 Å². The van der Waals surface area contributed by atoms with Crippen molar-refractivity contribution in [2.45, 2.75) is 45.0 Å². The van der Waals surface area contributed by atoms with Crippen molar-refractivity contribution in [3.63, 3.8) is 0 Å². The Morgan fingerprint density at radius 2 is 1.52 bits per heavy atom. The average molecular weight is 408 g/mol. The lowest BCUT2D eigenvalue weighted by molar-refractivity contribution is -0.143. The van der Waals surface area contributed by atoms with Crippen molar-refractivity contribution < 1.29 is 33.8 Å². The van der Waals surface area contributed by atoms with Crippen LogP contribution in [0.1, 0.15) is 25.8 Å². The van der Waals surface area contributed by atoms with Gasteiger partial charge in [-0.1, -0.05) is 30.3 Å². The van der Waals surface area contributed by atoms with E-state index in [1.165, 1.54) is 13.8 Å². The third kappa shape index (κ3) is 8.73. The number of hydrogen-bond acceptors (Lipinski definition) is 6. The summed E-state index contributed by atoms with van der Waals surface area (Å²) in [5, 5.41) is 15.7. The number of carbonyl (C=O) groups excluding carboxylic acids is 4. The first-order valence-electron chi connectivity index (χ1n) is 8.69. The monoisotopic (exact) mass is 408 g/mol. The molecule has 0 aliphatic heterocycles. The number of amides is 4. The molecule has 1 aromatic rings. The van der Waals surface area contributed by atoms with Crippen LogP contribution in [0.2, 0.25) is 0 Å². The van der Waals surface area contributed by atoms with Gasteiger partial charge in [-0.05, 0) is 19.4 Å². The van der Waals surface area contributed by atoms with Crippen molar-refractivity contribution in [1.29, 1.82) is 0 Å². The van der Waals surface area contributed by atoms with Crippen LogP contribution in [-0.4, -0.2) is 53.0 Å². The van der Waals surface area contributed by atoms with E-state index in [4.69, 9.17) is 15.6 Å². The van der Waals surface area contributed by atoms with E-state index in [-0.39, 0.29) is 6.61 Å². The third-order valence-corrected chi connectivity index (χ3v) is 3.71. The van der Waals surface area contributed by atoms with Gasteiger partial charge in [0, 0.05) is 0 Å². The minimum Gasteiger partial charge on any atom is -0.480 e. The van der Waals surface area contributed by atoms with Crippen LogP contribution < -0.4 is 21.7 Å². The highest BCUT2D eigenvalue weighted by atomic mass is 16.5. The van der Waals surface area contributed by atoms with Crippen molar-refractivity contribution in [2.75, 3.05) is 0 Å². The lowest BCUT2D eigenvalue weighted by Crippen LogP contribution is -2.54. The van der Waals surface area contributed by atoms with Gasteiger partial charge in [0.25, 0.3) is 0 Å². The molecule has 3 atom stereocenters. The molecule has 0 fully saturated rings. The molecule has 4 amide bonds. The molecule has 29 heavy (non-hydrogen) atoms. The average Bonchev–Trinajstić information content (AvgIpc) is 2.65. The van der Waals surface area contributed by atoms with Crippen LogP contribution in [0, 0.1) is 0 Å². The van der Waals surface area contributed by atoms with Gasteiger partial charge in [-0.15, -0.1) is 0 Å². The van der Waals surface area contributed by atoms with E-state index >= 15 is 0 Å². The zero-order chi connectivity index (χ0) is 22.0. The number of aliphatic carboxylic acids is 1. The van der Waals surface area contributed by atoms with E-state index in [0.29, 0.717) is 0 Å². The molecule has 1 rings (SSSR count). The number of benzene rings is 1. The number of alkyl carbamates (subject to hydrolysis) is 1. The molecule has 158 valence electrons. The Balaban J connectivity index is 2.47. The maximum Gasteiger partial charge on any atom is 0.408 e. The summed E-state index contributed by atoms with van der Waals surface area (Å²) in [6.45, 7) is 2.73. The van der Waals surface area contributed by atoms with E-state index in [1.807, 2.05) is 6.07 Å². The lowest BCUT2D eigenvalue weighted by atomic mass is 10.2. The highest BCUT2D eigenvalue weighted by Crippen LogP contribution is 2.01. The number of carbonyl (C=O) groups is 5. The van der Waals surface area contributed by atoms with Crippen molar-refractivity contribution in [3.8, 4) is 0 Å². The van der Waals surface area contributed by atoms with Crippen molar-refractivity contribution in [1.82, 2.24) is 16.0 Å². The van der Waals surface area contributed by atoms with Crippen LogP contribution in [0.4, 0.5) is 4.79 Å². The van der Waals surface area contributed by atoms with Gasteiger partial charge < -0.3 is 31.5 Å². The fourth-order valence-corrected chi connectivity index (χ4v) is 2.11. The summed E-state index contributed by atoms with van der Waals surface area (Å²) in [7, 11) is 0. The maximum absolute atomic E-state index is 12.1. The minimum atomic E-state index is -1.51. The van der Waals surface area contributed by atoms with Gasteiger partial charge in [-0.25, -0.2) is 9.59 Å². The minimum absolute atomic E-state index is 0.0241. The number of nitrogens with two attached hydrogens (primary N) is 1. The zero-order valence-corrected chi connectivity index (χ0v) is 16.0. The molecular weight excluding hydrogens is 384 g/mol. The molecular formula is C18H24N4O7. The molecule has 0 aromatic heterocycles. The number of rotatable bonds is 10. The van der Waals surface area contributed by atoms with Crippen molar-refractivity contribution >= 4 is 29.8 Å². The highest BCUT2D eigenvalue weighted by Gasteiger charge is 2.26. The predicted octanol–water partition coefficient (Wildman–Crippen LogP) is -0.749. The van der Waals surface area contributed by atoms with Crippen LogP contribution in [0.5, 0.6) is 0 Å². The summed E-state index contributed by atoms with van der Waals surface area (Å²) < 4.78 is 5.00. The summed E-state index contributed by atoms with van der Waals surface area (Å²) in [6, 6.07) is 5.28. The van der Waals surface area contributed by atoms with Crippen LogP contribution in [0.3, 0.4) is 0 Å². The van der Waals surface area contributed by atoms with E-state index in [2.05, 4.69) is 16.0 Å². The van der Waals surface area contributed by atoms with Gasteiger partial charge in [0.15, 0.2) is 0 Å². The number of ether oxygens (including phenoxy) is 1. The second kappa shape index (κ2) is 11.3. The zero-order valence-electron chi connectivity index (χ0n) is 16.0. The largest absolute Gasteiger partial charge is 0.480 e. The first kappa shape index (κ1) is 23.4. The van der Waals surface area contributed by atoms with E-state index in [1.54, 1.807) is 24.3 Å². The maximum atomic E-state index is 12.1. The summed E-state index contributed by atoms with van der Waals surface area (Å²) in [5.41, 5.74) is 5.71. The number of carboxylic acid groups (broad SMARTS) is 1. The van der Waals surface area contributed by atoms with Crippen LogP contribution in [0.15, 0.2) is 30.3 Å². The summed E-state index contributed by atoms with van der Waals surface area (Å²) >= 11 is 0. The standard InChI is InChI=1S/C18H24N4O7/c1-10(16(25)22-13(17(26)27)8-14(19)23)20-15(24)11(2)21-18(28)29-9-12-6-4-3-5-7-12/h3-7,10-11,13H,8-9H2,1-2H3,(H2,19,23)(H,20,24)(H,21,28)(H,22,25)(H,26,27)/t10-,11-,13?/m0/s1. The van der Waals surface area contributed by atoms with E-state index in [9.17, 15) is 24.0 Å². The normalized spacial score (nSPS) is 13.3. The SMILES string of the molecule is C[C@H](NC(=O)OCc1ccccc1)C(=O)N[C@@H](C)C(=O)NC(CC(N)=O)C(=O)O. The van der Waals surface area contributed by atoms with Crippen LogP contribution in [0.25, 0.3) is 0 Å². The number of carboxylic acids is 1. The molecule has 0 bridgehead atoms. The van der Waals surface area contributed by atoms with Gasteiger partial charge in [0.2, 0.25) is 17.7 Å². The summed E-state index contributed by atoms with van der Waals surface area (Å²) in [6.07, 6.45) is -1.41. The smallest absolute Gasteiger partial charge is 0.408 e. The molecule has 11 heteroatoms. The van der Waals surface area contributed by atoms with E-state index in [0.717, 1.165) is 5.56 Å². The quantitative estimate of drug-likeness (QED) is 0.338.